The van der Waals surface area contributed by atoms with Crippen LogP contribution in [0, 0.1) is 17.1 Å². The molecule has 0 bridgehead atoms. The summed E-state index contributed by atoms with van der Waals surface area (Å²) in [6, 6.07) is 14.9. The normalized spacial score (nSPS) is 11.4. The highest BCUT2D eigenvalue weighted by atomic mass is 19.1. The van der Waals surface area contributed by atoms with Gasteiger partial charge in [-0.25, -0.2) is 9.37 Å². The number of hydrogen-bond acceptors (Lipinski definition) is 3. The summed E-state index contributed by atoms with van der Waals surface area (Å²) in [5, 5.41) is 9.73. The van der Waals surface area contributed by atoms with E-state index in [1.165, 1.54) is 12.1 Å². The lowest BCUT2D eigenvalue weighted by molar-refractivity contribution is 0.625. The summed E-state index contributed by atoms with van der Waals surface area (Å²) < 4.78 is 13.7. The molecule has 2 aromatic carbocycles. The van der Waals surface area contributed by atoms with E-state index in [0.29, 0.717) is 10.9 Å². The fourth-order valence-electron chi connectivity index (χ4n) is 2.12. The van der Waals surface area contributed by atoms with E-state index in [9.17, 15) is 14.4 Å². The van der Waals surface area contributed by atoms with E-state index in [1.807, 2.05) is 6.07 Å². The summed E-state index contributed by atoms with van der Waals surface area (Å²) >= 11 is 0. The molecule has 0 radical (unpaired) electrons. The van der Waals surface area contributed by atoms with Crippen molar-refractivity contribution in [2.24, 2.45) is 0 Å². The van der Waals surface area contributed by atoms with Gasteiger partial charge in [-0.15, -0.1) is 0 Å². The number of aromatic nitrogens is 2. The summed E-state index contributed by atoms with van der Waals surface area (Å²) in [4.78, 5) is 18.9. The molecule has 1 N–H and O–H groups in total. The van der Waals surface area contributed by atoms with Gasteiger partial charge in [-0.1, -0.05) is 30.3 Å². The first-order chi connectivity index (χ1) is 10.7. The highest BCUT2D eigenvalue weighted by molar-refractivity contribution is 5.89. The molecule has 0 aliphatic rings. The van der Waals surface area contributed by atoms with Crippen molar-refractivity contribution in [2.45, 2.75) is 0 Å². The second kappa shape index (κ2) is 5.62. The smallest absolute Gasteiger partial charge is 0.259 e. The molecule has 0 spiro atoms. The van der Waals surface area contributed by atoms with Gasteiger partial charge in [0.15, 0.2) is 5.82 Å². The Bertz CT molecular complexity index is 983. The molecule has 3 aromatic rings. The number of halogens is 1. The zero-order valence-corrected chi connectivity index (χ0v) is 11.4. The molecule has 0 amide bonds. The maximum atomic E-state index is 13.7. The molecule has 0 atom stereocenters. The summed E-state index contributed by atoms with van der Waals surface area (Å²) in [5.41, 5.74) is 0.494. The number of rotatable bonds is 2. The van der Waals surface area contributed by atoms with Gasteiger partial charge in [0.05, 0.1) is 16.5 Å². The molecule has 1 aromatic heterocycles. The number of nitriles is 1. The molecule has 0 unspecified atom stereocenters. The van der Waals surface area contributed by atoms with Crippen molar-refractivity contribution in [3.63, 3.8) is 0 Å². The zero-order valence-electron chi connectivity index (χ0n) is 11.4. The molecule has 4 nitrogen and oxygen atoms in total. The molecule has 1 heterocycles. The lowest BCUT2D eigenvalue weighted by Gasteiger charge is -2.02. The largest absolute Gasteiger partial charge is 0.305 e. The Morgan fingerprint density at radius 1 is 1.18 bits per heavy atom. The number of allylic oxidation sites excluding steroid dienone is 1. The van der Waals surface area contributed by atoms with Crippen LogP contribution >= 0.6 is 0 Å². The first-order valence-electron chi connectivity index (χ1n) is 6.55. The predicted octanol–water partition coefficient (Wildman–Crippen LogP) is 3.13. The van der Waals surface area contributed by atoms with Crippen LogP contribution in [0.15, 0.2) is 53.3 Å². The molecule has 0 aliphatic heterocycles. The molecular formula is C17H10FN3O. The van der Waals surface area contributed by atoms with Crippen LogP contribution in [0.4, 0.5) is 4.39 Å². The molecule has 3 rings (SSSR count). The van der Waals surface area contributed by atoms with Crippen molar-refractivity contribution in [3.8, 4) is 6.07 Å². The third kappa shape index (κ3) is 2.50. The minimum atomic E-state index is -0.446. The average Bonchev–Trinajstić information content (AvgIpc) is 2.54. The van der Waals surface area contributed by atoms with Crippen molar-refractivity contribution in [1.82, 2.24) is 9.97 Å². The fraction of sp³-hybridized carbons (Fsp3) is 0. The fourth-order valence-corrected chi connectivity index (χ4v) is 2.12. The Hall–Kier alpha value is -3.26. The van der Waals surface area contributed by atoms with Gasteiger partial charge in [-0.2, -0.15) is 5.26 Å². The Morgan fingerprint density at radius 2 is 1.91 bits per heavy atom. The lowest BCUT2D eigenvalue weighted by Crippen LogP contribution is -2.11. The molecule has 22 heavy (non-hydrogen) atoms. The van der Waals surface area contributed by atoms with Gasteiger partial charge in [0.25, 0.3) is 5.56 Å². The van der Waals surface area contributed by atoms with Crippen LogP contribution in [0.25, 0.3) is 22.6 Å². The summed E-state index contributed by atoms with van der Waals surface area (Å²) in [6.45, 7) is 0. The maximum absolute atomic E-state index is 13.7. The Kier molecular flexibility index (Phi) is 3.50. The van der Waals surface area contributed by atoms with E-state index in [1.54, 1.807) is 42.5 Å². The predicted molar refractivity (Wildman–Crippen MR) is 82.2 cm³/mol. The number of nitrogens with one attached hydrogen (secondary N) is 1. The topological polar surface area (TPSA) is 69.5 Å². The highest BCUT2D eigenvalue weighted by Crippen LogP contribution is 2.17. The lowest BCUT2D eigenvalue weighted by atomic mass is 10.1. The number of aromatic amines is 1. The highest BCUT2D eigenvalue weighted by Gasteiger charge is 2.09. The van der Waals surface area contributed by atoms with E-state index in [4.69, 9.17) is 0 Å². The second-order valence-corrected chi connectivity index (χ2v) is 4.62. The monoisotopic (exact) mass is 291 g/mol. The molecule has 0 fully saturated rings. The Balaban J connectivity index is 2.18. The summed E-state index contributed by atoms with van der Waals surface area (Å²) in [6.07, 6.45) is 1.36. The van der Waals surface area contributed by atoms with Crippen LogP contribution in [0.2, 0.25) is 0 Å². The molecule has 0 saturated carbocycles. The Morgan fingerprint density at radius 3 is 2.68 bits per heavy atom. The van der Waals surface area contributed by atoms with Gasteiger partial charge in [0.2, 0.25) is 0 Å². The van der Waals surface area contributed by atoms with E-state index in [0.717, 1.165) is 0 Å². The molecule has 0 saturated heterocycles. The minimum absolute atomic E-state index is 0.0907. The zero-order chi connectivity index (χ0) is 15.5. The summed E-state index contributed by atoms with van der Waals surface area (Å²) in [7, 11) is 0. The van der Waals surface area contributed by atoms with Gasteiger partial charge in [-0.3, -0.25) is 4.79 Å². The van der Waals surface area contributed by atoms with E-state index >= 15 is 0 Å². The van der Waals surface area contributed by atoms with Gasteiger partial charge >= 0.3 is 0 Å². The van der Waals surface area contributed by atoms with E-state index in [2.05, 4.69) is 9.97 Å². The average molecular weight is 291 g/mol. The van der Waals surface area contributed by atoms with Crippen molar-refractivity contribution < 1.29 is 4.39 Å². The van der Waals surface area contributed by atoms with Crippen LogP contribution in [0.5, 0.6) is 0 Å². The molecule has 0 aliphatic carbocycles. The Labute approximate surface area is 125 Å². The van der Waals surface area contributed by atoms with Crippen LogP contribution in [-0.4, -0.2) is 9.97 Å². The maximum Gasteiger partial charge on any atom is 0.259 e. The number of para-hydroxylation sites is 1. The number of benzene rings is 2. The third-order valence-electron chi connectivity index (χ3n) is 3.19. The van der Waals surface area contributed by atoms with E-state index in [-0.39, 0.29) is 22.5 Å². The first-order valence-corrected chi connectivity index (χ1v) is 6.55. The van der Waals surface area contributed by atoms with Gasteiger partial charge in [0.1, 0.15) is 11.9 Å². The van der Waals surface area contributed by atoms with Gasteiger partial charge in [0, 0.05) is 5.56 Å². The minimum Gasteiger partial charge on any atom is -0.305 e. The van der Waals surface area contributed by atoms with Gasteiger partial charge in [-0.05, 0) is 24.3 Å². The van der Waals surface area contributed by atoms with Crippen molar-refractivity contribution >= 4 is 22.6 Å². The molecule has 5 heteroatoms. The first kappa shape index (κ1) is 13.7. The number of H-pyrrole nitrogens is 1. The van der Waals surface area contributed by atoms with Crippen molar-refractivity contribution in [2.75, 3.05) is 0 Å². The summed E-state index contributed by atoms with van der Waals surface area (Å²) in [5.74, 6) is -0.326. The van der Waals surface area contributed by atoms with Crippen molar-refractivity contribution in [3.05, 3.63) is 76.1 Å². The van der Waals surface area contributed by atoms with Crippen LogP contribution in [0.3, 0.4) is 0 Å². The van der Waals surface area contributed by atoms with Crippen molar-refractivity contribution in [1.29, 1.82) is 5.26 Å². The van der Waals surface area contributed by atoms with Crippen LogP contribution in [0.1, 0.15) is 11.4 Å². The van der Waals surface area contributed by atoms with Gasteiger partial charge < -0.3 is 4.98 Å². The number of hydrogen-bond donors (Lipinski definition) is 1. The number of nitrogens with zero attached hydrogens (tertiary/aromatic N) is 2. The standard InChI is InChI=1S/C17H10FN3O/c18-14-7-3-1-5-11(14)9-12(10-19)16-20-15-8-4-2-6-13(15)17(22)21-16/h1-9H,(H,20,21,22). The van der Waals surface area contributed by atoms with Crippen LogP contribution in [-0.2, 0) is 0 Å². The second-order valence-electron chi connectivity index (χ2n) is 4.62. The SMILES string of the molecule is N#CC(=Cc1ccccc1F)c1nc2ccccc2c(=O)[nH]1. The quantitative estimate of drug-likeness (QED) is 0.737. The number of fused-ring (bicyclic) bond motifs is 1. The molecule has 106 valence electrons. The van der Waals surface area contributed by atoms with E-state index < -0.39 is 5.82 Å². The third-order valence-corrected chi connectivity index (χ3v) is 3.19. The molecular weight excluding hydrogens is 281 g/mol. The van der Waals surface area contributed by atoms with Crippen LogP contribution < -0.4 is 5.56 Å².